The van der Waals surface area contributed by atoms with Gasteiger partial charge in [-0.3, -0.25) is 0 Å². The van der Waals surface area contributed by atoms with Crippen molar-refractivity contribution in [1.82, 2.24) is 0 Å². The van der Waals surface area contributed by atoms with Gasteiger partial charge in [0.25, 0.3) is 0 Å². The predicted octanol–water partition coefficient (Wildman–Crippen LogP) is 1.85. The molecule has 0 atom stereocenters. The van der Waals surface area contributed by atoms with Crippen LogP contribution >= 0.6 is 45.2 Å². The lowest BCUT2D eigenvalue weighted by molar-refractivity contribution is -0.137. The van der Waals surface area contributed by atoms with Gasteiger partial charge in [-0.05, 0) is 6.42 Å². The topological polar surface area (TPSA) is 26.3 Å². The maximum absolute atomic E-state index is 10.6. The number of hydrogen-bond acceptors (Lipinski definition) is 2. The second kappa shape index (κ2) is 8.48. The van der Waals surface area contributed by atoms with Crippen LogP contribution in [0.15, 0.2) is 12.7 Å². The number of rotatable bonds is 6. The molecule has 0 aliphatic heterocycles. The molecule has 70 valence electrons. The smallest absolute Gasteiger partial charge is 0.330 e. The SMILES string of the molecule is C=CC(=O)OCCC[SiH2]C(I)I. The van der Waals surface area contributed by atoms with Gasteiger partial charge in [0.2, 0.25) is 0 Å². The first-order chi connectivity index (χ1) is 5.66. The van der Waals surface area contributed by atoms with E-state index < -0.39 is 0 Å². The second-order valence-corrected chi connectivity index (χ2v) is 13.1. The number of hydrogen-bond donors (Lipinski definition) is 0. The zero-order chi connectivity index (χ0) is 9.40. The van der Waals surface area contributed by atoms with Crippen LogP contribution in [0.4, 0.5) is 0 Å². The highest BCUT2D eigenvalue weighted by Crippen LogP contribution is 2.09. The van der Waals surface area contributed by atoms with Crippen molar-refractivity contribution in [2.75, 3.05) is 6.61 Å². The van der Waals surface area contributed by atoms with E-state index in [0.29, 0.717) is 6.61 Å². The molecule has 0 fully saturated rings. The monoisotopic (exact) mass is 410 g/mol. The molecule has 0 unspecified atom stereocenters. The molecule has 0 heterocycles. The summed E-state index contributed by atoms with van der Waals surface area (Å²) in [5.74, 6) is -0.308. The number of esters is 1. The summed E-state index contributed by atoms with van der Waals surface area (Å²) in [7, 11) is 0.0511. The highest BCUT2D eigenvalue weighted by molar-refractivity contribution is 14.2. The van der Waals surface area contributed by atoms with Crippen molar-refractivity contribution in [2.45, 2.75) is 14.0 Å². The molecule has 5 heteroatoms. The van der Waals surface area contributed by atoms with Crippen LogP contribution in [-0.2, 0) is 9.53 Å². The first-order valence-electron chi connectivity index (χ1n) is 3.74. The summed E-state index contributed by atoms with van der Waals surface area (Å²) in [6.45, 7) is 3.87. The number of ether oxygens (including phenoxy) is 1. The summed E-state index contributed by atoms with van der Waals surface area (Å²) in [6.07, 6.45) is 2.21. The largest absolute Gasteiger partial charge is 0.463 e. The van der Waals surface area contributed by atoms with E-state index in [1.807, 2.05) is 0 Å². The Morgan fingerprint density at radius 2 is 2.33 bits per heavy atom. The Labute approximate surface area is 103 Å². The molecule has 0 aliphatic carbocycles. The molecular formula is C7H12I2O2Si. The summed E-state index contributed by atoms with van der Waals surface area (Å²) >= 11 is 4.88. The van der Waals surface area contributed by atoms with Gasteiger partial charge in [0, 0.05) is 17.2 Å². The first-order valence-corrected chi connectivity index (χ1v) is 8.05. The maximum atomic E-state index is 10.6. The molecule has 0 aromatic rings. The van der Waals surface area contributed by atoms with Gasteiger partial charge in [-0.2, -0.15) is 0 Å². The Balaban J connectivity index is 3.11. The molecule has 2 nitrogen and oxygen atoms in total. The lowest BCUT2D eigenvalue weighted by Gasteiger charge is -2.01. The van der Waals surface area contributed by atoms with Crippen molar-refractivity contribution in [1.29, 1.82) is 0 Å². The molecule has 0 amide bonds. The zero-order valence-electron chi connectivity index (χ0n) is 6.76. The molecule has 0 spiro atoms. The Morgan fingerprint density at radius 1 is 1.67 bits per heavy atom. The minimum atomic E-state index is -0.308. The maximum Gasteiger partial charge on any atom is 0.330 e. The van der Waals surface area contributed by atoms with E-state index in [1.54, 1.807) is 0 Å². The van der Waals surface area contributed by atoms with Gasteiger partial charge in [-0.1, -0.05) is 57.8 Å². The van der Waals surface area contributed by atoms with Crippen LogP contribution < -0.4 is 0 Å². The third-order valence-corrected chi connectivity index (χ3v) is 6.31. The summed E-state index contributed by atoms with van der Waals surface area (Å²) in [4.78, 5) is 10.6. The second-order valence-electron chi connectivity index (χ2n) is 2.26. The van der Waals surface area contributed by atoms with Crippen LogP contribution in [0.5, 0.6) is 0 Å². The molecule has 0 aromatic carbocycles. The molecule has 0 saturated carbocycles. The fourth-order valence-corrected chi connectivity index (χ4v) is 4.08. The van der Waals surface area contributed by atoms with Crippen LogP contribution in [0.1, 0.15) is 6.42 Å². The van der Waals surface area contributed by atoms with Gasteiger partial charge < -0.3 is 4.74 Å². The Hall–Kier alpha value is 0.887. The van der Waals surface area contributed by atoms with E-state index >= 15 is 0 Å². The van der Waals surface area contributed by atoms with Crippen molar-refractivity contribution in [3.05, 3.63) is 12.7 Å². The van der Waals surface area contributed by atoms with E-state index in [2.05, 4.69) is 51.8 Å². The Kier molecular flexibility index (Phi) is 9.11. The minimum absolute atomic E-state index is 0.0511. The van der Waals surface area contributed by atoms with Crippen molar-refractivity contribution in [3.63, 3.8) is 0 Å². The summed E-state index contributed by atoms with van der Waals surface area (Å²) in [5, 5.41) is 0. The quantitative estimate of drug-likeness (QED) is 0.167. The number of carbonyl (C=O) groups excluding carboxylic acids is 1. The average Bonchev–Trinajstić information content (AvgIpc) is 2.03. The van der Waals surface area contributed by atoms with Crippen LogP contribution in [-0.4, -0.2) is 23.7 Å². The normalized spacial score (nSPS) is 10.9. The van der Waals surface area contributed by atoms with E-state index in [4.69, 9.17) is 4.74 Å². The van der Waals surface area contributed by atoms with Gasteiger partial charge in [0.05, 0.1) is 6.61 Å². The van der Waals surface area contributed by atoms with E-state index in [0.717, 1.165) is 7.98 Å². The molecule has 0 rings (SSSR count). The lowest BCUT2D eigenvalue weighted by atomic mass is 10.5. The molecule has 0 saturated heterocycles. The van der Waals surface area contributed by atoms with E-state index in [-0.39, 0.29) is 15.5 Å². The summed E-state index contributed by atoms with van der Waals surface area (Å²) < 4.78 is 5.65. The summed E-state index contributed by atoms with van der Waals surface area (Å²) in [5.41, 5.74) is 0. The van der Waals surface area contributed by atoms with Gasteiger partial charge in [-0.25, -0.2) is 4.79 Å². The molecular weight excluding hydrogens is 398 g/mol. The fourth-order valence-electron chi connectivity index (χ4n) is 0.632. The molecule has 0 N–H and O–H groups in total. The van der Waals surface area contributed by atoms with Gasteiger partial charge in [0.15, 0.2) is 0 Å². The average molecular weight is 410 g/mol. The van der Waals surface area contributed by atoms with Crippen molar-refractivity contribution in [3.8, 4) is 0 Å². The van der Waals surface area contributed by atoms with Crippen LogP contribution in [0.3, 0.4) is 0 Å². The highest BCUT2D eigenvalue weighted by atomic mass is 127. The van der Waals surface area contributed by atoms with Crippen LogP contribution in [0, 0.1) is 0 Å². The van der Waals surface area contributed by atoms with Gasteiger partial charge >= 0.3 is 5.97 Å². The lowest BCUT2D eigenvalue weighted by Crippen LogP contribution is -2.05. The highest BCUT2D eigenvalue weighted by Gasteiger charge is 1.99. The van der Waals surface area contributed by atoms with E-state index in [9.17, 15) is 4.79 Å². The Morgan fingerprint density at radius 3 is 2.83 bits per heavy atom. The van der Waals surface area contributed by atoms with Crippen molar-refractivity contribution in [2.24, 2.45) is 0 Å². The van der Waals surface area contributed by atoms with Crippen LogP contribution in [0.2, 0.25) is 6.04 Å². The molecule has 0 bridgehead atoms. The van der Waals surface area contributed by atoms with E-state index in [1.165, 1.54) is 12.1 Å². The summed E-state index contributed by atoms with van der Waals surface area (Å²) in [6, 6.07) is 1.25. The number of alkyl halides is 2. The third kappa shape index (κ3) is 8.98. The first kappa shape index (κ1) is 12.9. The predicted molar refractivity (Wildman–Crippen MR) is 71.0 cm³/mol. The Bertz CT molecular complexity index is 150. The van der Waals surface area contributed by atoms with Gasteiger partial charge in [-0.15, -0.1) is 0 Å². The number of halogens is 2. The molecule has 0 aliphatic rings. The number of carbonyl (C=O) groups is 1. The van der Waals surface area contributed by atoms with Crippen molar-refractivity contribution >= 4 is 60.7 Å². The third-order valence-electron chi connectivity index (χ3n) is 1.23. The molecule has 0 radical (unpaired) electrons. The standard InChI is InChI=1S/C7H12I2O2Si/c1-2-6(10)11-4-3-5-12-7(8)9/h2,7H,1,3-5,12H2. The molecule has 12 heavy (non-hydrogen) atoms. The molecule has 0 aromatic heterocycles. The minimum Gasteiger partial charge on any atom is -0.463 e. The van der Waals surface area contributed by atoms with Crippen molar-refractivity contribution < 1.29 is 9.53 Å². The fraction of sp³-hybridized carbons (Fsp3) is 0.571. The van der Waals surface area contributed by atoms with Crippen LogP contribution in [0.25, 0.3) is 0 Å². The van der Waals surface area contributed by atoms with Gasteiger partial charge in [0.1, 0.15) is 0 Å². The zero-order valence-corrected chi connectivity index (χ0v) is 12.5.